The van der Waals surface area contributed by atoms with Gasteiger partial charge in [0.25, 0.3) is 0 Å². The van der Waals surface area contributed by atoms with Gasteiger partial charge in [-0.15, -0.1) is 0 Å². The average Bonchev–Trinajstić information content (AvgIpc) is 2.55. The summed E-state index contributed by atoms with van der Waals surface area (Å²) >= 11 is 18.4. The predicted molar refractivity (Wildman–Crippen MR) is 100 cm³/mol. The molecule has 0 bridgehead atoms. The van der Waals surface area contributed by atoms with E-state index >= 15 is 0 Å². The van der Waals surface area contributed by atoms with Crippen LogP contribution >= 0.6 is 34.8 Å². The first-order chi connectivity index (χ1) is 12.0. The number of nitrogens with zero attached hydrogens (tertiary/aromatic N) is 1. The van der Waals surface area contributed by atoms with Gasteiger partial charge in [0.15, 0.2) is 0 Å². The minimum Gasteiger partial charge on any atom is -0.466 e. The van der Waals surface area contributed by atoms with Crippen molar-refractivity contribution in [2.45, 2.75) is 25.2 Å². The summed E-state index contributed by atoms with van der Waals surface area (Å²) in [6.45, 7) is 2.01. The zero-order chi connectivity index (χ0) is 18.4. The van der Waals surface area contributed by atoms with Crippen molar-refractivity contribution < 1.29 is 9.53 Å². The SMILES string of the molecule is CCOC(=O)CC(c1ccc(Cl)cc1Cl)C(C#N)c1cccc(Cl)c1. The number of nitriles is 1. The zero-order valence-electron chi connectivity index (χ0n) is 13.5. The second kappa shape index (κ2) is 9.10. The molecule has 0 radical (unpaired) electrons. The van der Waals surface area contributed by atoms with E-state index in [1.165, 1.54) is 0 Å². The summed E-state index contributed by atoms with van der Waals surface area (Å²) in [4.78, 5) is 12.1. The van der Waals surface area contributed by atoms with Crippen molar-refractivity contribution in [1.82, 2.24) is 0 Å². The van der Waals surface area contributed by atoms with Crippen LogP contribution < -0.4 is 0 Å². The Bertz CT molecular complexity index is 801. The molecule has 2 atom stereocenters. The lowest BCUT2D eigenvalue weighted by atomic mass is 9.80. The average molecular weight is 397 g/mol. The molecule has 0 aliphatic rings. The molecule has 0 aliphatic heterocycles. The first kappa shape index (κ1) is 19.6. The Hall–Kier alpha value is -1.73. The molecule has 0 fully saturated rings. The smallest absolute Gasteiger partial charge is 0.306 e. The van der Waals surface area contributed by atoms with Crippen molar-refractivity contribution >= 4 is 40.8 Å². The Morgan fingerprint density at radius 2 is 1.88 bits per heavy atom. The third-order valence-electron chi connectivity index (χ3n) is 3.80. The summed E-state index contributed by atoms with van der Waals surface area (Å²) in [6, 6.07) is 14.3. The highest BCUT2D eigenvalue weighted by Crippen LogP contribution is 2.40. The lowest BCUT2D eigenvalue weighted by molar-refractivity contribution is -0.143. The van der Waals surface area contributed by atoms with Gasteiger partial charge in [-0.25, -0.2) is 0 Å². The van der Waals surface area contributed by atoms with Gasteiger partial charge in [-0.3, -0.25) is 4.79 Å². The first-order valence-corrected chi connectivity index (χ1v) is 8.85. The summed E-state index contributed by atoms with van der Waals surface area (Å²) in [5.41, 5.74) is 1.39. The van der Waals surface area contributed by atoms with E-state index in [0.29, 0.717) is 20.6 Å². The van der Waals surface area contributed by atoms with Gasteiger partial charge in [-0.05, 0) is 42.3 Å². The molecule has 2 rings (SSSR count). The number of benzene rings is 2. The number of hydrogen-bond acceptors (Lipinski definition) is 3. The van der Waals surface area contributed by atoms with Gasteiger partial charge in [-0.2, -0.15) is 5.26 Å². The molecule has 0 N–H and O–H groups in total. The maximum absolute atomic E-state index is 12.1. The molecule has 3 nitrogen and oxygen atoms in total. The number of rotatable bonds is 6. The van der Waals surface area contributed by atoms with E-state index in [0.717, 1.165) is 5.56 Å². The van der Waals surface area contributed by atoms with Crippen LogP contribution in [-0.2, 0) is 9.53 Å². The Kier molecular flexibility index (Phi) is 7.13. The number of hydrogen-bond donors (Lipinski definition) is 0. The monoisotopic (exact) mass is 395 g/mol. The quantitative estimate of drug-likeness (QED) is 0.563. The maximum Gasteiger partial charge on any atom is 0.306 e. The van der Waals surface area contributed by atoms with Crippen LogP contribution in [0.15, 0.2) is 42.5 Å². The maximum atomic E-state index is 12.1. The fourth-order valence-corrected chi connectivity index (χ4v) is 3.45. The van der Waals surface area contributed by atoms with Crippen LogP contribution in [0.1, 0.15) is 36.3 Å². The van der Waals surface area contributed by atoms with Crippen LogP contribution in [0, 0.1) is 11.3 Å². The Morgan fingerprint density at radius 1 is 1.16 bits per heavy atom. The molecule has 6 heteroatoms. The third-order valence-corrected chi connectivity index (χ3v) is 4.60. The van der Waals surface area contributed by atoms with E-state index in [1.807, 2.05) is 6.07 Å². The summed E-state index contributed by atoms with van der Waals surface area (Å²) in [6.07, 6.45) is 0.0277. The second-order valence-corrected chi connectivity index (χ2v) is 6.72. The molecule has 0 saturated carbocycles. The van der Waals surface area contributed by atoms with E-state index in [9.17, 15) is 10.1 Å². The summed E-state index contributed by atoms with van der Waals surface area (Å²) < 4.78 is 5.07. The van der Waals surface area contributed by atoms with E-state index in [-0.39, 0.29) is 19.0 Å². The standard InChI is InChI=1S/C19H16Cl3NO2/c1-2-25-19(24)10-16(15-7-6-14(21)9-18(15)22)17(11-23)12-4-3-5-13(20)8-12/h3-9,16-17H,2,10H2,1H3. The van der Waals surface area contributed by atoms with E-state index in [1.54, 1.807) is 43.3 Å². The molecule has 0 heterocycles. The summed E-state index contributed by atoms with van der Waals surface area (Å²) in [7, 11) is 0. The molecule has 2 unspecified atom stereocenters. The fraction of sp³-hybridized carbons (Fsp3) is 0.263. The van der Waals surface area contributed by atoms with Crippen LogP contribution in [0.2, 0.25) is 15.1 Å². The normalized spacial score (nSPS) is 12.9. The predicted octanol–water partition coefficient (Wildman–Crippen LogP) is 5.99. The summed E-state index contributed by atoms with van der Waals surface area (Å²) in [5.74, 6) is -1.48. The van der Waals surface area contributed by atoms with E-state index < -0.39 is 11.8 Å². The molecule has 2 aromatic carbocycles. The molecular weight excluding hydrogens is 381 g/mol. The van der Waals surface area contributed by atoms with Gasteiger partial charge in [0.1, 0.15) is 0 Å². The van der Waals surface area contributed by atoms with Gasteiger partial charge >= 0.3 is 5.97 Å². The number of carbonyl (C=O) groups is 1. The first-order valence-electron chi connectivity index (χ1n) is 7.72. The lowest BCUT2D eigenvalue weighted by Crippen LogP contribution is -2.17. The minimum absolute atomic E-state index is 0.0277. The molecule has 130 valence electrons. The van der Waals surface area contributed by atoms with Crippen LogP contribution in [0.3, 0.4) is 0 Å². The van der Waals surface area contributed by atoms with Crippen LogP contribution in [0.25, 0.3) is 0 Å². The van der Waals surface area contributed by atoms with Crippen LogP contribution in [0.5, 0.6) is 0 Å². The van der Waals surface area contributed by atoms with Gasteiger partial charge in [-0.1, -0.05) is 53.0 Å². The van der Waals surface area contributed by atoms with Crippen LogP contribution in [-0.4, -0.2) is 12.6 Å². The minimum atomic E-state index is -0.609. The molecule has 0 spiro atoms. The Balaban J connectivity index is 2.49. The van der Waals surface area contributed by atoms with Gasteiger partial charge in [0.2, 0.25) is 0 Å². The molecule has 0 saturated heterocycles. The number of esters is 1. The van der Waals surface area contributed by atoms with Crippen molar-refractivity contribution in [2.75, 3.05) is 6.61 Å². The number of carbonyl (C=O) groups excluding carboxylic acids is 1. The van der Waals surface area contributed by atoms with Gasteiger partial charge in [0.05, 0.1) is 25.0 Å². The summed E-state index contributed by atoms with van der Waals surface area (Å²) in [5, 5.41) is 11.2. The molecular formula is C19H16Cl3NO2. The molecule has 0 aliphatic carbocycles. The van der Waals surface area contributed by atoms with Gasteiger partial charge in [0, 0.05) is 21.0 Å². The highest BCUT2D eigenvalue weighted by Gasteiger charge is 2.29. The lowest BCUT2D eigenvalue weighted by Gasteiger charge is -2.23. The Morgan fingerprint density at radius 3 is 2.48 bits per heavy atom. The number of ether oxygens (including phenoxy) is 1. The van der Waals surface area contributed by atoms with E-state index in [2.05, 4.69) is 6.07 Å². The van der Waals surface area contributed by atoms with E-state index in [4.69, 9.17) is 39.5 Å². The molecule has 2 aromatic rings. The largest absolute Gasteiger partial charge is 0.466 e. The topological polar surface area (TPSA) is 50.1 Å². The van der Waals surface area contributed by atoms with Crippen molar-refractivity contribution in [1.29, 1.82) is 5.26 Å². The molecule has 25 heavy (non-hydrogen) atoms. The third kappa shape index (κ3) is 5.12. The van der Waals surface area contributed by atoms with Crippen LogP contribution in [0.4, 0.5) is 0 Å². The van der Waals surface area contributed by atoms with Gasteiger partial charge < -0.3 is 4.74 Å². The van der Waals surface area contributed by atoms with Crippen molar-refractivity contribution in [3.05, 3.63) is 68.7 Å². The fourth-order valence-electron chi connectivity index (χ4n) is 2.71. The van der Waals surface area contributed by atoms with Crippen molar-refractivity contribution in [2.24, 2.45) is 0 Å². The van der Waals surface area contributed by atoms with Crippen molar-refractivity contribution in [3.8, 4) is 6.07 Å². The zero-order valence-corrected chi connectivity index (χ0v) is 15.8. The Labute approximate surface area is 162 Å². The molecule has 0 aromatic heterocycles. The van der Waals surface area contributed by atoms with Crippen molar-refractivity contribution in [3.63, 3.8) is 0 Å². The molecule has 0 amide bonds. The highest BCUT2D eigenvalue weighted by molar-refractivity contribution is 6.35. The second-order valence-electron chi connectivity index (χ2n) is 5.44. The number of halogens is 3. The highest BCUT2D eigenvalue weighted by atomic mass is 35.5.